The maximum Gasteiger partial charge on any atom is 0.274 e. The predicted molar refractivity (Wildman–Crippen MR) is 93.5 cm³/mol. The van der Waals surface area contributed by atoms with E-state index in [0.717, 1.165) is 27.7 Å². The molecule has 2 aromatic carbocycles. The van der Waals surface area contributed by atoms with Crippen LogP contribution < -0.4 is 5.56 Å². The zero-order valence-corrected chi connectivity index (χ0v) is 13.1. The molecule has 0 fully saturated rings. The van der Waals surface area contributed by atoms with Gasteiger partial charge in [-0.3, -0.25) is 9.79 Å². The first-order valence-electron chi connectivity index (χ1n) is 6.99. The Morgan fingerprint density at radius 3 is 2.50 bits per heavy atom. The average molecular weight is 311 g/mol. The van der Waals surface area contributed by atoms with E-state index in [-0.39, 0.29) is 5.56 Å². The molecule has 0 saturated carbocycles. The van der Waals surface area contributed by atoms with Crippen LogP contribution in [0, 0.1) is 0 Å². The summed E-state index contributed by atoms with van der Waals surface area (Å²) < 4.78 is 0. The van der Waals surface area contributed by atoms with E-state index >= 15 is 0 Å². The number of fused-ring (bicyclic) bond motifs is 1. The zero-order valence-electron chi connectivity index (χ0n) is 12.4. The number of benzene rings is 2. The lowest BCUT2D eigenvalue weighted by Crippen LogP contribution is -2.08. The molecule has 0 amide bonds. The van der Waals surface area contributed by atoms with Crippen molar-refractivity contribution in [1.29, 1.82) is 0 Å². The molecule has 0 spiro atoms. The van der Waals surface area contributed by atoms with E-state index in [0.29, 0.717) is 10.7 Å². The second-order valence-electron chi connectivity index (χ2n) is 5.29. The van der Waals surface area contributed by atoms with E-state index in [1.54, 1.807) is 6.07 Å². The zero-order chi connectivity index (χ0) is 15.7. The lowest BCUT2D eigenvalue weighted by Gasteiger charge is -2.11. The minimum atomic E-state index is -0.199. The minimum Gasteiger partial charge on any atom is -0.320 e. The molecule has 0 bridgehead atoms. The number of nitrogens with one attached hydrogen (secondary N) is 1. The third-order valence-electron chi connectivity index (χ3n) is 3.35. The van der Waals surface area contributed by atoms with E-state index in [2.05, 4.69) is 9.98 Å². The third-order valence-corrected chi connectivity index (χ3v) is 3.58. The molecule has 0 aliphatic rings. The summed E-state index contributed by atoms with van der Waals surface area (Å²) in [5.74, 6) is 0. The number of aromatic nitrogens is 1. The highest BCUT2D eigenvalue weighted by Crippen LogP contribution is 2.35. The molecule has 1 N–H and O–H groups in total. The van der Waals surface area contributed by atoms with E-state index in [1.165, 1.54) is 0 Å². The Morgan fingerprint density at radius 2 is 1.82 bits per heavy atom. The molecule has 22 heavy (non-hydrogen) atoms. The van der Waals surface area contributed by atoms with Crippen LogP contribution in [0.25, 0.3) is 22.0 Å². The molecule has 3 nitrogen and oxygen atoms in total. The number of halogens is 1. The first-order chi connectivity index (χ1) is 10.6. The smallest absolute Gasteiger partial charge is 0.274 e. The summed E-state index contributed by atoms with van der Waals surface area (Å²) in [4.78, 5) is 19.8. The Bertz CT molecular complexity index is 923. The van der Waals surface area contributed by atoms with Crippen molar-refractivity contribution in [3.63, 3.8) is 0 Å². The summed E-state index contributed by atoms with van der Waals surface area (Å²) in [6.07, 6.45) is 0. The van der Waals surface area contributed by atoms with Crippen LogP contribution in [0.1, 0.15) is 13.8 Å². The van der Waals surface area contributed by atoms with Crippen molar-refractivity contribution in [3.05, 3.63) is 63.9 Å². The minimum absolute atomic E-state index is 0.199. The number of nitrogens with zero attached hydrogens (tertiary/aromatic N) is 1. The van der Waals surface area contributed by atoms with Gasteiger partial charge in [0.05, 0.1) is 0 Å². The fourth-order valence-corrected chi connectivity index (χ4v) is 2.65. The van der Waals surface area contributed by atoms with Crippen LogP contribution in [-0.4, -0.2) is 10.7 Å². The van der Waals surface area contributed by atoms with Crippen molar-refractivity contribution in [1.82, 2.24) is 4.98 Å². The Morgan fingerprint density at radius 1 is 1.09 bits per heavy atom. The van der Waals surface area contributed by atoms with E-state index < -0.39 is 0 Å². The molecule has 4 heteroatoms. The largest absolute Gasteiger partial charge is 0.320 e. The molecule has 3 aromatic rings. The molecule has 0 radical (unpaired) electrons. The van der Waals surface area contributed by atoms with E-state index in [4.69, 9.17) is 11.6 Å². The van der Waals surface area contributed by atoms with Crippen molar-refractivity contribution >= 4 is 33.9 Å². The first kappa shape index (κ1) is 14.5. The number of H-pyrrole nitrogens is 1. The number of rotatable bonds is 2. The quantitative estimate of drug-likeness (QED) is 0.668. The maximum atomic E-state index is 12.5. The highest BCUT2D eigenvalue weighted by Gasteiger charge is 2.14. The van der Waals surface area contributed by atoms with E-state index in [1.807, 2.05) is 56.3 Å². The van der Waals surface area contributed by atoms with Crippen LogP contribution in [0.15, 0.2) is 58.3 Å². The van der Waals surface area contributed by atoms with Crippen molar-refractivity contribution in [2.24, 2.45) is 4.99 Å². The van der Waals surface area contributed by atoms with Gasteiger partial charge in [-0.05, 0) is 37.6 Å². The van der Waals surface area contributed by atoms with Crippen LogP contribution in [-0.2, 0) is 0 Å². The summed E-state index contributed by atoms with van der Waals surface area (Å²) in [5.41, 5.74) is 3.55. The van der Waals surface area contributed by atoms with Gasteiger partial charge in [-0.15, -0.1) is 0 Å². The molecular formula is C18H15ClN2O. The van der Waals surface area contributed by atoms with Crippen molar-refractivity contribution in [2.75, 3.05) is 0 Å². The molecule has 0 aliphatic carbocycles. The molecule has 0 saturated heterocycles. The average Bonchev–Trinajstić information content (AvgIpc) is 2.49. The fourth-order valence-electron chi connectivity index (χ4n) is 2.48. The summed E-state index contributed by atoms with van der Waals surface area (Å²) in [7, 11) is 0. The van der Waals surface area contributed by atoms with Crippen molar-refractivity contribution in [3.8, 4) is 11.1 Å². The Hall–Kier alpha value is -2.39. The Labute approximate surface area is 133 Å². The highest BCUT2D eigenvalue weighted by molar-refractivity contribution is 6.31. The number of hydrogen-bond acceptors (Lipinski definition) is 2. The molecule has 1 aromatic heterocycles. The van der Waals surface area contributed by atoms with Gasteiger partial charge in [0, 0.05) is 27.2 Å². The maximum absolute atomic E-state index is 12.5. The lowest BCUT2D eigenvalue weighted by atomic mass is 9.99. The second kappa shape index (κ2) is 5.78. The van der Waals surface area contributed by atoms with Gasteiger partial charge in [-0.2, -0.15) is 0 Å². The van der Waals surface area contributed by atoms with E-state index in [9.17, 15) is 4.79 Å². The molecule has 3 rings (SSSR count). The van der Waals surface area contributed by atoms with Gasteiger partial charge in [0.2, 0.25) is 0 Å². The SMILES string of the molecule is CC(C)=Nc1c(-c2ccccc2)c2cc(Cl)ccc2[nH]c1=O. The first-order valence-corrected chi connectivity index (χ1v) is 7.37. The molecule has 0 atom stereocenters. The monoisotopic (exact) mass is 310 g/mol. The van der Waals surface area contributed by atoms with Crippen LogP contribution in [0.5, 0.6) is 0 Å². The predicted octanol–water partition coefficient (Wildman–Crippen LogP) is 4.96. The van der Waals surface area contributed by atoms with Crippen LogP contribution in [0.2, 0.25) is 5.02 Å². The summed E-state index contributed by atoms with van der Waals surface area (Å²) in [5, 5.41) is 1.51. The summed E-state index contributed by atoms with van der Waals surface area (Å²) in [6.45, 7) is 3.74. The number of aromatic amines is 1. The summed E-state index contributed by atoms with van der Waals surface area (Å²) in [6, 6.07) is 15.2. The van der Waals surface area contributed by atoms with Gasteiger partial charge in [0.1, 0.15) is 5.69 Å². The molecule has 0 aliphatic heterocycles. The normalized spacial score (nSPS) is 10.7. The standard InChI is InChI=1S/C18H15ClN2O/c1-11(2)20-17-16(12-6-4-3-5-7-12)14-10-13(19)8-9-15(14)21-18(17)22/h3-10H,1-2H3,(H,21,22). The number of aliphatic imine (C=N–C) groups is 1. The molecule has 0 unspecified atom stereocenters. The summed E-state index contributed by atoms with van der Waals surface area (Å²) >= 11 is 6.15. The van der Waals surface area contributed by atoms with Crippen LogP contribution in [0.4, 0.5) is 5.69 Å². The molecule has 1 heterocycles. The third kappa shape index (κ3) is 2.68. The van der Waals surface area contributed by atoms with Gasteiger partial charge in [0.25, 0.3) is 5.56 Å². The van der Waals surface area contributed by atoms with Gasteiger partial charge in [0.15, 0.2) is 0 Å². The second-order valence-corrected chi connectivity index (χ2v) is 5.73. The van der Waals surface area contributed by atoms with Gasteiger partial charge < -0.3 is 4.98 Å². The molecule has 110 valence electrons. The van der Waals surface area contributed by atoms with Crippen LogP contribution in [0.3, 0.4) is 0 Å². The topological polar surface area (TPSA) is 45.2 Å². The van der Waals surface area contributed by atoms with Gasteiger partial charge in [-0.1, -0.05) is 41.9 Å². The number of pyridine rings is 1. The van der Waals surface area contributed by atoms with Gasteiger partial charge >= 0.3 is 0 Å². The number of hydrogen-bond donors (Lipinski definition) is 1. The van der Waals surface area contributed by atoms with Crippen molar-refractivity contribution < 1.29 is 0 Å². The lowest BCUT2D eigenvalue weighted by molar-refractivity contribution is 1.27. The Balaban J connectivity index is 2.50. The Kier molecular flexibility index (Phi) is 3.82. The fraction of sp³-hybridized carbons (Fsp3) is 0.111. The van der Waals surface area contributed by atoms with Crippen LogP contribution >= 0.6 is 11.6 Å². The molecular weight excluding hydrogens is 296 g/mol. The van der Waals surface area contributed by atoms with Crippen molar-refractivity contribution in [2.45, 2.75) is 13.8 Å². The highest BCUT2D eigenvalue weighted by atomic mass is 35.5. The van der Waals surface area contributed by atoms with Gasteiger partial charge in [-0.25, -0.2) is 0 Å².